The first-order chi connectivity index (χ1) is 20.4. The maximum Gasteiger partial charge on any atom is 0.355 e. The Balaban J connectivity index is 1.88. The first-order valence-electron chi connectivity index (χ1n) is 14.2. The summed E-state index contributed by atoms with van der Waals surface area (Å²) in [6, 6.07) is 10.5. The average molecular weight is 599 g/mol. The Kier molecular flexibility index (Phi) is 7.96. The van der Waals surface area contributed by atoms with Crippen LogP contribution in [0.25, 0.3) is 28.0 Å². The maximum absolute atomic E-state index is 14.2. The molecule has 0 spiro atoms. The largest absolute Gasteiger partial charge is 0.355 e. The number of aldehydes is 1. The van der Waals surface area contributed by atoms with Crippen molar-refractivity contribution in [1.29, 1.82) is 0 Å². The van der Waals surface area contributed by atoms with E-state index < -0.39 is 11.2 Å². The number of nitrogens with zero attached hydrogens (tertiary/aromatic N) is 6. The molecule has 1 aliphatic heterocycles. The quantitative estimate of drug-likeness (QED) is 0.206. The van der Waals surface area contributed by atoms with Gasteiger partial charge >= 0.3 is 5.69 Å². The smallest absolute Gasteiger partial charge is 0.344 e. The van der Waals surface area contributed by atoms with Gasteiger partial charge in [-0.1, -0.05) is 56.3 Å². The van der Waals surface area contributed by atoms with Crippen molar-refractivity contribution in [3.8, 4) is 16.9 Å². The number of hydrogen-bond donors (Lipinski definition) is 0. The summed E-state index contributed by atoms with van der Waals surface area (Å²) in [5.74, 6) is 0.287. The number of anilines is 1. The van der Waals surface area contributed by atoms with Crippen molar-refractivity contribution in [1.82, 2.24) is 24.4 Å². The number of rotatable bonds is 6. The fourth-order valence-electron chi connectivity index (χ4n) is 6.18. The van der Waals surface area contributed by atoms with Gasteiger partial charge in [-0.15, -0.1) is 0 Å². The molecule has 1 fully saturated rings. The molecule has 5 rings (SSSR count). The van der Waals surface area contributed by atoms with E-state index in [2.05, 4.69) is 21.4 Å². The van der Waals surface area contributed by atoms with Gasteiger partial charge in [0.15, 0.2) is 11.9 Å². The highest BCUT2D eigenvalue weighted by molar-refractivity contribution is 6.34. The monoisotopic (exact) mass is 598 g/mol. The maximum atomic E-state index is 14.2. The van der Waals surface area contributed by atoms with E-state index in [4.69, 9.17) is 16.6 Å². The third-order valence-corrected chi connectivity index (χ3v) is 8.23. The Labute approximate surface area is 255 Å². The number of carbonyl (C=O) groups is 2. The summed E-state index contributed by atoms with van der Waals surface area (Å²) in [6.45, 7) is 16.5. The summed E-state index contributed by atoms with van der Waals surface area (Å²) in [6.07, 6.45) is 3.81. The zero-order valence-electron chi connectivity index (χ0n) is 25.3. The van der Waals surface area contributed by atoms with Crippen molar-refractivity contribution in [3.63, 3.8) is 0 Å². The zero-order chi connectivity index (χ0) is 31.2. The van der Waals surface area contributed by atoms with Crippen molar-refractivity contribution >= 4 is 40.6 Å². The molecule has 1 aromatic carbocycles. The normalized spacial score (nSPS) is 16.5. The molecule has 1 amide bonds. The van der Waals surface area contributed by atoms with Crippen LogP contribution in [-0.2, 0) is 4.79 Å². The number of piperazine rings is 1. The summed E-state index contributed by atoms with van der Waals surface area (Å²) in [5.41, 5.74) is 2.78. The molecule has 0 radical (unpaired) electrons. The van der Waals surface area contributed by atoms with Crippen molar-refractivity contribution in [2.45, 2.75) is 59.0 Å². The van der Waals surface area contributed by atoms with Crippen LogP contribution in [0.4, 0.5) is 5.82 Å². The molecule has 1 atom stereocenters. The number of amides is 1. The summed E-state index contributed by atoms with van der Waals surface area (Å²) in [5, 5.41) is 0.881. The minimum Gasteiger partial charge on any atom is -0.344 e. The molecule has 0 aliphatic carbocycles. The van der Waals surface area contributed by atoms with E-state index in [-0.39, 0.29) is 17.9 Å². The highest BCUT2D eigenvalue weighted by atomic mass is 35.5. The Bertz CT molecular complexity index is 1830. The van der Waals surface area contributed by atoms with Crippen molar-refractivity contribution in [3.05, 3.63) is 87.6 Å². The molecular formula is C33H35ClN6O3. The van der Waals surface area contributed by atoms with Gasteiger partial charge in [-0.25, -0.2) is 14.3 Å². The summed E-state index contributed by atoms with van der Waals surface area (Å²) in [4.78, 5) is 56.9. The zero-order valence-corrected chi connectivity index (χ0v) is 26.0. The van der Waals surface area contributed by atoms with Crippen molar-refractivity contribution in [2.75, 3.05) is 18.0 Å². The first-order valence-corrected chi connectivity index (χ1v) is 14.6. The molecule has 10 heteroatoms. The second-order valence-corrected chi connectivity index (χ2v) is 12.3. The highest BCUT2D eigenvalue weighted by Crippen LogP contribution is 2.39. The van der Waals surface area contributed by atoms with Crippen LogP contribution in [0.3, 0.4) is 0 Å². The molecule has 1 aliphatic rings. The Hall–Kier alpha value is -4.37. The Morgan fingerprint density at radius 1 is 1.19 bits per heavy atom. The van der Waals surface area contributed by atoms with Gasteiger partial charge in [-0.2, -0.15) is 4.98 Å². The number of halogens is 1. The standard InChI is InChI=1S/C33H35ClN6O3/c1-8-26(42)38-16-21(5)40(33(6,7)18-38)31-24-15-25(34)28(23-12-10-9-11-22(23)17-41)36-30(24)39(32(43)37-31)29-20(4)13-14-35-27(29)19(2)3/h8-15,17,19,21H,1,16,18H2,2-7H3/t21-/m0/s1. The van der Waals surface area contributed by atoms with Gasteiger partial charge in [-0.05, 0) is 57.4 Å². The molecular weight excluding hydrogens is 564 g/mol. The molecule has 0 unspecified atom stereocenters. The minimum atomic E-state index is -0.600. The Morgan fingerprint density at radius 3 is 2.56 bits per heavy atom. The predicted molar refractivity (Wildman–Crippen MR) is 170 cm³/mol. The number of fused-ring (bicyclic) bond motifs is 1. The van der Waals surface area contributed by atoms with E-state index in [9.17, 15) is 14.4 Å². The second kappa shape index (κ2) is 11.4. The minimum absolute atomic E-state index is 0.00789. The van der Waals surface area contributed by atoms with E-state index in [0.717, 1.165) is 17.5 Å². The van der Waals surface area contributed by atoms with Crippen LogP contribution in [0.15, 0.2) is 60.0 Å². The first kappa shape index (κ1) is 30.1. The molecule has 9 nitrogen and oxygen atoms in total. The van der Waals surface area contributed by atoms with E-state index >= 15 is 0 Å². The lowest BCUT2D eigenvalue weighted by Gasteiger charge is -2.51. The summed E-state index contributed by atoms with van der Waals surface area (Å²) in [7, 11) is 0. The summed E-state index contributed by atoms with van der Waals surface area (Å²) >= 11 is 6.93. The fraction of sp³-hybridized carbons (Fsp3) is 0.333. The van der Waals surface area contributed by atoms with Crippen LogP contribution in [-0.4, -0.2) is 61.3 Å². The van der Waals surface area contributed by atoms with Crippen LogP contribution in [0.5, 0.6) is 0 Å². The average Bonchev–Trinajstić information content (AvgIpc) is 2.96. The topological polar surface area (TPSA) is 101 Å². The van der Waals surface area contributed by atoms with Gasteiger partial charge in [0.2, 0.25) is 5.91 Å². The van der Waals surface area contributed by atoms with E-state index in [1.807, 2.05) is 53.7 Å². The predicted octanol–water partition coefficient (Wildman–Crippen LogP) is 5.74. The SMILES string of the molecule is C=CC(=O)N1C[C@H](C)N(c2nc(=O)n(-c3c(C)ccnc3C(C)C)c3nc(-c4ccccc4C=O)c(Cl)cc23)C(C)(C)C1. The Morgan fingerprint density at radius 2 is 1.91 bits per heavy atom. The van der Waals surface area contributed by atoms with Gasteiger partial charge in [0.25, 0.3) is 0 Å². The van der Waals surface area contributed by atoms with Crippen LogP contribution < -0.4 is 10.6 Å². The van der Waals surface area contributed by atoms with Gasteiger partial charge in [0, 0.05) is 36.5 Å². The second-order valence-electron chi connectivity index (χ2n) is 11.9. The molecule has 4 aromatic rings. The van der Waals surface area contributed by atoms with Gasteiger partial charge < -0.3 is 9.80 Å². The fourth-order valence-corrected chi connectivity index (χ4v) is 6.43. The number of pyridine rings is 2. The number of carbonyl (C=O) groups excluding carboxylic acids is 2. The molecule has 4 heterocycles. The van der Waals surface area contributed by atoms with Crippen molar-refractivity contribution < 1.29 is 9.59 Å². The summed E-state index contributed by atoms with van der Waals surface area (Å²) < 4.78 is 1.51. The highest BCUT2D eigenvalue weighted by Gasteiger charge is 2.41. The molecule has 222 valence electrons. The van der Waals surface area contributed by atoms with Gasteiger partial charge in [-0.3, -0.25) is 14.6 Å². The lowest BCUT2D eigenvalue weighted by molar-refractivity contribution is -0.128. The van der Waals surface area contributed by atoms with Crippen LogP contribution in [0.1, 0.15) is 62.2 Å². The van der Waals surface area contributed by atoms with E-state index in [1.165, 1.54) is 10.6 Å². The number of benzene rings is 1. The van der Waals surface area contributed by atoms with Crippen LogP contribution in [0, 0.1) is 6.92 Å². The lowest BCUT2D eigenvalue weighted by Crippen LogP contribution is -2.64. The van der Waals surface area contributed by atoms with Gasteiger partial charge in [0.05, 0.1) is 33.0 Å². The third kappa shape index (κ3) is 5.22. The lowest BCUT2D eigenvalue weighted by atomic mass is 9.94. The van der Waals surface area contributed by atoms with E-state index in [1.54, 1.807) is 35.4 Å². The van der Waals surface area contributed by atoms with Gasteiger partial charge in [0.1, 0.15) is 5.82 Å². The molecule has 3 aromatic heterocycles. The van der Waals surface area contributed by atoms with Crippen molar-refractivity contribution in [2.24, 2.45) is 0 Å². The van der Waals surface area contributed by atoms with E-state index in [0.29, 0.717) is 57.5 Å². The molecule has 0 bridgehead atoms. The van der Waals surface area contributed by atoms with Crippen LogP contribution in [0.2, 0.25) is 5.02 Å². The molecule has 43 heavy (non-hydrogen) atoms. The number of aromatic nitrogens is 4. The third-order valence-electron chi connectivity index (χ3n) is 7.94. The molecule has 1 saturated heterocycles. The van der Waals surface area contributed by atoms with Crippen LogP contribution >= 0.6 is 11.6 Å². The molecule has 0 saturated carbocycles. The number of hydrogen-bond acceptors (Lipinski definition) is 7. The number of aryl methyl sites for hydroxylation is 1. The molecule has 0 N–H and O–H groups in total.